The summed E-state index contributed by atoms with van der Waals surface area (Å²) in [5.74, 6) is 1.25. The van der Waals surface area contributed by atoms with Gasteiger partial charge in [-0.3, -0.25) is 0 Å². The molecule has 5 nitrogen and oxygen atoms in total. The summed E-state index contributed by atoms with van der Waals surface area (Å²) in [6.07, 6.45) is -0.433. The van der Waals surface area contributed by atoms with Crippen molar-refractivity contribution in [2.24, 2.45) is 0 Å². The second-order valence-electron chi connectivity index (χ2n) is 6.96. The lowest BCUT2D eigenvalue weighted by Crippen LogP contribution is -2.06. The van der Waals surface area contributed by atoms with E-state index >= 15 is 0 Å². The number of hydrogen-bond donors (Lipinski definition) is 0. The molecule has 0 aliphatic heterocycles. The summed E-state index contributed by atoms with van der Waals surface area (Å²) < 4.78 is 31.6. The van der Waals surface area contributed by atoms with E-state index in [-0.39, 0.29) is 5.82 Å². The van der Waals surface area contributed by atoms with E-state index < -0.39 is 6.10 Å². The third kappa shape index (κ3) is 4.29. The fraction of sp³-hybridized carbons (Fsp3) is 0.160. The smallest absolute Gasteiger partial charge is 0.126 e. The van der Waals surface area contributed by atoms with E-state index in [1.165, 1.54) is 12.1 Å². The normalized spacial score (nSPS) is 11.9. The lowest BCUT2D eigenvalue weighted by Gasteiger charge is -2.13. The second-order valence-corrected chi connectivity index (χ2v) is 6.96. The summed E-state index contributed by atoms with van der Waals surface area (Å²) >= 11 is 0. The predicted octanol–water partition coefficient (Wildman–Crippen LogP) is 5.43. The number of ether oxygens (including phenoxy) is 3. The Morgan fingerprint density at radius 3 is 1.90 bits per heavy atom. The van der Waals surface area contributed by atoms with Gasteiger partial charge in [-0.15, -0.1) is 0 Å². The van der Waals surface area contributed by atoms with Crippen molar-refractivity contribution in [3.05, 3.63) is 95.9 Å². The standard InChI is InChI=1S/C25H23FN2O3/c1-29-21-12-6-17(7-13-21)24-16-23(25(31-3)18-4-8-19(26)9-5-18)27-28(24)20-10-14-22(30-2)15-11-20/h4-16,25H,1-3H3. The van der Waals surface area contributed by atoms with Crippen LogP contribution in [-0.4, -0.2) is 31.1 Å². The molecule has 0 saturated heterocycles. The Kier molecular flexibility index (Phi) is 6.00. The molecular formula is C25H23FN2O3. The van der Waals surface area contributed by atoms with E-state index in [0.717, 1.165) is 39.7 Å². The first-order chi connectivity index (χ1) is 15.1. The minimum Gasteiger partial charge on any atom is -0.497 e. The van der Waals surface area contributed by atoms with Crippen molar-refractivity contribution >= 4 is 0 Å². The summed E-state index contributed by atoms with van der Waals surface area (Å²) in [4.78, 5) is 0. The van der Waals surface area contributed by atoms with Gasteiger partial charge in [0.15, 0.2) is 0 Å². The molecule has 0 aliphatic rings. The van der Waals surface area contributed by atoms with Crippen LogP contribution in [0.15, 0.2) is 78.9 Å². The van der Waals surface area contributed by atoms with Crippen LogP contribution in [0.1, 0.15) is 17.4 Å². The van der Waals surface area contributed by atoms with Gasteiger partial charge < -0.3 is 14.2 Å². The van der Waals surface area contributed by atoms with E-state index in [2.05, 4.69) is 0 Å². The van der Waals surface area contributed by atoms with Crippen LogP contribution in [0.25, 0.3) is 16.9 Å². The van der Waals surface area contributed by atoms with Crippen LogP contribution in [0.4, 0.5) is 4.39 Å². The molecule has 0 bridgehead atoms. The highest BCUT2D eigenvalue weighted by Gasteiger charge is 2.21. The molecule has 0 fully saturated rings. The third-order valence-electron chi connectivity index (χ3n) is 5.11. The highest BCUT2D eigenvalue weighted by Crippen LogP contribution is 2.32. The number of halogens is 1. The van der Waals surface area contributed by atoms with Crippen LogP contribution in [-0.2, 0) is 4.74 Å². The summed E-state index contributed by atoms with van der Waals surface area (Å²) in [6, 6.07) is 23.7. The van der Waals surface area contributed by atoms with Gasteiger partial charge in [-0.2, -0.15) is 5.10 Å². The van der Waals surface area contributed by atoms with Gasteiger partial charge >= 0.3 is 0 Å². The summed E-state index contributed by atoms with van der Waals surface area (Å²) in [5.41, 5.74) is 4.29. The van der Waals surface area contributed by atoms with Crippen molar-refractivity contribution in [1.29, 1.82) is 0 Å². The van der Waals surface area contributed by atoms with Gasteiger partial charge in [-0.25, -0.2) is 9.07 Å². The molecule has 0 radical (unpaired) electrons. The fourth-order valence-electron chi connectivity index (χ4n) is 3.48. The topological polar surface area (TPSA) is 45.5 Å². The molecule has 4 rings (SSSR count). The lowest BCUT2D eigenvalue weighted by molar-refractivity contribution is 0.132. The largest absolute Gasteiger partial charge is 0.497 e. The SMILES string of the molecule is COc1ccc(-c2cc(C(OC)c3ccc(F)cc3)nn2-c2ccc(OC)cc2)cc1. The van der Waals surface area contributed by atoms with Gasteiger partial charge in [0, 0.05) is 12.7 Å². The Bertz CT molecular complexity index is 1070. The van der Waals surface area contributed by atoms with E-state index in [4.69, 9.17) is 19.3 Å². The number of benzene rings is 3. The zero-order chi connectivity index (χ0) is 21.8. The van der Waals surface area contributed by atoms with Crippen LogP contribution in [0.3, 0.4) is 0 Å². The molecule has 158 valence electrons. The van der Waals surface area contributed by atoms with Gasteiger partial charge in [0.1, 0.15) is 23.4 Å². The number of methoxy groups -OCH3 is 3. The minimum atomic E-state index is -0.433. The molecule has 4 aromatic rings. The maximum atomic E-state index is 13.4. The van der Waals surface area contributed by atoms with E-state index in [9.17, 15) is 4.39 Å². The Balaban J connectivity index is 1.82. The summed E-state index contributed by atoms with van der Waals surface area (Å²) in [7, 11) is 4.89. The van der Waals surface area contributed by atoms with Crippen molar-refractivity contribution < 1.29 is 18.6 Å². The monoisotopic (exact) mass is 418 g/mol. The highest BCUT2D eigenvalue weighted by atomic mass is 19.1. The molecule has 0 amide bonds. The maximum absolute atomic E-state index is 13.4. The Morgan fingerprint density at radius 1 is 0.774 bits per heavy atom. The molecule has 0 saturated carbocycles. The van der Waals surface area contributed by atoms with Crippen molar-refractivity contribution in [3.63, 3.8) is 0 Å². The molecule has 6 heteroatoms. The average Bonchev–Trinajstić information content (AvgIpc) is 3.26. The van der Waals surface area contributed by atoms with Crippen molar-refractivity contribution in [2.75, 3.05) is 21.3 Å². The number of hydrogen-bond acceptors (Lipinski definition) is 4. The lowest BCUT2D eigenvalue weighted by atomic mass is 10.0. The van der Waals surface area contributed by atoms with Gasteiger partial charge in [-0.1, -0.05) is 12.1 Å². The zero-order valence-electron chi connectivity index (χ0n) is 17.6. The first-order valence-corrected chi connectivity index (χ1v) is 9.80. The van der Waals surface area contributed by atoms with Crippen LogP contribution >= 0.6 is 0 Å². The maximum Gasteiger partial charge on any atom is 0.126 e. The summed E-state index contributed by atoms with van der Waals surface area (Å²) in [5, 5.41) is 4.85. The molecule has 0 N–H and O–H groups in total. The Morgan fingerprint density at radius 2 is 1.35 bits per heavy atom. The van der Waals surface area contributed by atoms with Crippen molar-refractivity contribution in [3.8, 4) is 28.4 Å². The Hall–Kier alpha value is -3.64. The highest BCUT2D eigenvalue weighted by molar-refractivity contribution is 5.64. The van der Waals surface area contributed by atoms with E-state index in [1.54, 1.807) is 33.5 Å². The molecule has 0 aliphatic carbocycles. The van der Waals surface area contributed by atoms with Gasteiger partial charge in [-0.05, 0) is 72.3 Å². The first kappa shape index (κ1) is 20.6. The van der Waals surface area contributed by atoms with E-state index in [0.29, 0.717) is 0 Å². The number of aromatic nitrogens is 2. The average molecular weight is 418 g/mol. The minimum absolute atomic E-state index is 0.290. The van der Waals surface area contributed by atoms with Crippen LogP contribution in [0.5, 0.6) is 11.5 Å². The van der Waals surface area contributed by atoms with Gasteiger partial charge in [0.25, 0.3) is 0 Å². The molecule has 1 atom stereocenters. The predicted molar refractivity (Wildman–Crippen MR) is 117 cm³/mol. The quantitative estimate of drug-likeness (QED) is 0.401. The van der Waals surface area contributed by atoms with Crippen LogP contribution < -0.4 is 9.47 Å². The molecule has 0 spiro atoms. The van der Waals surface area contributed by atoms with Gasteiger partial charge in [0.05, 0.1) is 31.3 Å². The van der Waals surface area contributed by atoms with Crippen LogP contribution in [0, 0.1) is 5.82 Å². The molecule has 1 aromatic heterocycles. The van der Waals surface area contributed by atoms with Crippen molar-refractivity contribution in [1.82, 2.24) is 9.78 Å². The molecule has 31 heavy (non-hydrogen) atoms. The van der Waals surface area contributed by atoms with E-state index in [1.807, 2.05) is 59.3 Å². The first-order valence-electron chi connectivity index (χ1n) is 9.80. The second kappa shape index (κ2) is 9.02. The molecular weight excluding hydrogens is 395 g/mol. The van der Waals surface area contributed by atoms with Gasteiger partial charge in [0.2, 0.25) is 0 Å². The number of rotatable bonds is 7. The zero-order valence-corrected chi connectivity index (χ0v) is 17.6. The molecule has 3 aromatic carbocycles. The van der Waals surface area contributed by atoms with Crippen molar-refractivity contribution in [2.45, 2.75) is 6.10 Å². The summed E-state index contributed by atoms with van der Waals surface area (Å²) in [6.45, 7) is 0. The molecule has 1 unspecified atom stereocenters. The van der Waals surface area contributed by atoms with Crippen LogP contribution in [0.2, 0.25) is 0 Å². The molecule has 1 heterocycles. The Labute approximate surface area is 180 Å². The fourth-order valence-corrected chi connectivity index (χ4v) is 3.48. The third-order valence-corrected chi connectivity index (χ3v) is 5.11. The number of nitrogens with zero attached hydrogens (tertiary/aromatic N) is 2.